The number of nitrogens with one attached hydrogen (secondary N) is 1. The van der Waals surface area contributed by atoms with Crippen LogP contribution in [-0.4, -0.2) is 19.9 Å². The number of rotatable bonds is 3. The predicted molar refractivity (Wildman–Crippen MR) is 99.4 cm³/mol. The van der Waals surface area contributed by atoms with Gasteiger partial charge in [0.25, 0.3) is 0 Å². The Morgan fingerprint density at radius 3 is 2.64 bits per heavy atom. The Morgan fingerprint density at radius 2 is 1.80 bits per heavy atom. The quantitative estimate of drug-likeness (QED) is 0.596. The lowest BCUT2D eigenvalue weighted by Crippen LogP contribution is -2.01. The van der Waals surface area contributed by atoms with Crippen LogP contribution >= 0.6 is 0 Å². The zero-order valence-electron chi connectivity index (χ0n) is 13.6. The minimum absolute atomic E-state index is 0.512. The molecule has 1 aromatic carbocycles. The van der Waals surface area contributed by atoms with Gasteiger partial charge in [0, 0.05) is 34.9 Å². The second-order valence-corrected chi connectivity index (χ2v) is 5.67. The molecule has 0 amide bonds. The van der Waals surface area contributed by atoms with Gasteiger partial charge in [-0.3, -0.25) is 0 Å². The summed E-state index contributed by atoms with van der Waals surface area (Å²) in [5, 5.41) is 5.37. The zero-order valence-corrected chi connectivity index (χ0v) is 13.6. The van der Waals surface area contributed by atoms with E-state index in [1.165, 1.54) is 6.33 Å². The van der Waals surface area contributed by atoms with Gasteiger partial charge in [-0.25, -0.2) is 19.9 Å². The molecule has 6 nitrogen and oxygen atoms in total. The molecule has 0 aliphatic rings. The summed E-state index contributed by atoms with van der Waals surface area (Å²) in [7, 11) is 0. The first-order valence-corrected chi connectivity index (χ1v) is 7.86. The van der Waals surface area contributed by atoms with Crippen molar-refractivity contribution in [1.29, 1.82) is 0 Å². The Hall–Kier alpha value is -3.54. The van der Waals surface area contributed by atoms with Crippen molar-refractivity contribution in [3.63, 3.8) is 0 Å². The number of nitrogen functional groups attached to an aromatic ring is 1. The van der Waals surface area contributed by atoms with Gasteiger partial charge in [0.2, 0.25) is 0 Å². The number of benzene rings is 1. The summed E-state index contributed by atoms with van der Waals surface area (Å²) in [6.45, 7) is 2.05. The van der Waals surface area contributed by atoms with E-state index < -0.39 is 0 Å². The Balaban J connectivity index is 1.86. The van der Waals surface area contributed by atoms with Crippen molar-refractivity contribution in [1.82, 2.24) is 19.9 Å². The van der Waals surface area contributed by atoms with E-state index in [1.54, 1.807) is 18.6 Å². The fourth-order valence-electron chi connectivity index (χ4n) is 2.83. The van der Waals surface area contributed by atoms with Gasteiger partial charge in [0.1, 0.15) is 18.0 Å². The maximum Gasteiger partial charge on any atom is 0.139 e. The van der Waals surface area contributed by atoms with Gasteiger partial charge in [-0.2, -0.15) is 0 Å². The number of hydrogen-bond acceptors (Lipinski definition) is 6. The molecular weight excluding hydrogens is 312 g/mol. The van der Waals surface area contributed by atoms with Gasteiger partial charge in [-0.1, -0.05) is 12.1 Å². The molecule has 0 spiro atoms. The number of anilines is 3. The standard InChI is InChI=1S/C19H16N6/c1-12-4-5-14-13(6-10-22-18(14)20)17(12)25-19-15(3-2-8-23-19)16-7-9-21-11-24-16/h2-11H,1H3,(H2,20,22)(H,23,25). The number of pyridine rings is 2. The maximum atomic E-state index is 6.02. The molecular formula is C19H16N6. The van der Waals surface area contributed by atoms with Crippen molar-refractivity contribution >= 4 is 28.1 Å². The van der Waals surface area contributed by atoms with E-state index in [-0.39, 0.29) is 0 Å². The van der Waals surface area contributed by atoms with Crippen LogP contribution in [0.2, 0.25) is 0 Å². The molecule has 0 unspecified atom stereocenters. The molecule has 0 atom stereocenters. The van der Waals surface area contributed by atoms with Crippen LogP contribution in [-0.2, 0) is 0 Å². The Labute approximate surface area is 144 Å². The molecule has 0 radical (unpaired) electrons. The summed E-state index contributed by atoms with van der Waals surface area (Å²) >= 11 is 0. The molecule has 0 aliphatic heterocycles. The summed E-state index contributed by atoms with van der Waals surface area (Å²) in [5.74, 6) is 1.24. The van der Waals surface area contributed by atoms with E-state index >= 15 is 0 Å². The lowest BCUT2D eigenvalue weighted by molar-refractivity contribution is 1.17. The largest absolute Gasteiger partial charge is 0.383 e. The van der Waals surface area contributed by atoms with E-state index in [9.17, 15) is 0 Å². The van der Waals surface area contributed by atoms with E-state index in [1.807, 2.05) is 43.3 Å². The second-order valence-electron chi connectivity index (χ2n) is 5.67. The molecule has 0 saturated heterocycles. The monoisotopic (exact) mass is 328 g/mol. The van der Waals surface area contributed by atoms with Crippen LogP contribution in [0.3, 0.4) is 0 Å². The van der Waals surface area contributed by atoms with E-state index in [0.29, 0.717) is 5.82 Å². The topological polar surface area (TPSA) is 89.6 Å². The predicted octanol–water partition coefficient (Wildman–Crippen LogP) is 3.72. The summed E-state index contributed by atoms with van der Waals surface area (Å²) < 4.78 is 0. The van der Waals surface area contributed by atoms with Crippen LogP contribution < -0.4 is 11.1 Å². The number of fused-ring (bicyclic) bond motifs is 1. The van der Waals surface area contributed by atoms with Crippen molar-refractivity contribution in [2.45, 2.75) is 6.92 Å². The fraction of sp³-hybridized carbons (Fsp3) is 0.0526. The Morgan fingerprint density at radius 1 is 0.880 bits per heavy atom. The minimum atomic E-state index is 0.512. The summed E-state index contributed by atoms with van der Waals surface area (Å²) in [6.07, 6.45) is 6.71. The smallest absolute Gasteiger partial charge is 0.139 e. The maximum absolute atomic E-state index is 6.02. The Kier molecular flexibility index (Phi) is 3.70. The lowest BCUT2D eigenvalue weighted by atomic mass is 10.1. The second kappa shape index (κ2) is 6.16. The van der Waals surface area contributed by atoms with Gasteiger partial charge in [0.15, 0.2) is 0 Å². The molecule has 122 valence electrons. The normalized spacial score (nSPS) is 10.8. The molecule has 0 fully saturated rings. The molecule has 3 heterocycles. The third-order valence-corrected chi connectivity index (χ3v) is 4.09. The molecule has 4 aromatic rings. The zero-order chi connectivity index (χ0) is 17.2. The molecule has 6 heteroatoms. The number of nitrogens with two attached hydrogens (primary N) is 1. The highest BCUT2D eigenvalue weighted by molar-refractivity contribution is 6.02. The number of hydrogen-bond donors (Lipinski definition) is 2. The molecule has 0 bridgehead atoms. The molecule has 0 aliphatic carbocycles. The Bertz CT molecular complexity index is 1050. The molecule has 25 heavy (non-hydrogen) atoms. The summed E-state index contributed by atoms with van der Waals surface area (Å²) in [6, 6.07) is 11.7. The molecule has 3 N–H and O–H groups in total. The number of aryl methyl sites for hydroxylation is 1. The summed E-state index contributed by atoms with van der Waals surface area (Å²) in [4.78, 5) is 17.0. The van der Waals surface area contributed by atoms with E-state index in [0.717, 1.165) is 39.1 Å². The highest BCUT2D eigenvalue weighted by Crippen LogP contribution is 2.34. The van der Waals surface area contributed by atoms with Gasteiger partial charge in [-0.05, 0) is 36.8 Å². The third-order valence-electron chi connectivity index (χ3n) is 4.09. The number of nitrogens with zero attached hydrogens (tertiary/aromatic N) is 4. The van der Waals surface area contributed by atoms with Gasteiger partial charge < -0.3 is 11.1 Å². The van der Waals surface area contributed by atoms with Crippen molar-refractivity contribution in [2.75, 3.05) is 11.1 Å². The number of aromatic nitrogens is 4. The van der Waals surface area contributed by atoms with Crippen LogP contribution in [0.25, 0.3) is 22.0 Å². The van der Waals surface area contributed by atoms with Crippen molar-refractivity contribution in [3.05, 3.63) is 66.9 Å². The van der Waals surface area contributed by atoms with Crippen molar-refractivity contribution in [2.24, 2.45) is 0 Å². The lowest BCUT2D eigenvalue weighted by Gasteiger charge is -2.15. The third kappa shape index (κ3) is 2.74. The van der Waals surface area contributed by atoms with Crippen LogP contribution in [0.4, 0.5) is 17.3 Å². The minimum Gasteiger partial charge on any atom is -0.383 e. The first-order chi connectivity index (χ1) is 12.2. The van der Waals surface area contributed by atoms with E-state index in [2.05, 4.69) is 25.3 Å². The SMILES string of the molecule is Cc1ccc2c(N)nccc2c1Nc1ncccc1-c1ccncn1. The van der Waals surface area contributed by atoms with Gasteiger partial charge >= 0.3 is 0 Å². The highest BCUT2D eigenvalue weighted by Gasteiger charge is 2.12. The molecule has 3 aromatic heterocycles. The van der Waals surface area contributed by atoms with Crippen molar-refractivity contribution < 1.29 is 0 Å². The fourth-order valence-corrected chi connectivity index (χ4v) is 2.83. The van der Waals surface area contributed by atoms with Gasteiger partial charge in [-0.15, -0.1) is 0 Å². The van der Waals surface area contributed by atoms with Crippen molar-refractivity contribution in [3.8, 4) is 11.3 Å². The van der Waals surface area contributed by atoms with Crippen LogP contribution in [0.1, 0.15) is 5.56 Å². The average molecular weight is 328 g/mol. The van der Waals surface area contributed by atoms with Crippen LogP contribution in [0, 0.1) is 6.92 Å². The average Bonchev–Trinajstić information content (AvgIpc) is 2.65. The van der Waals surface area contributed by atoms with Crippen LogP contribution in [0.15, 0.2) is 61.3 Å². The highest BCUT2D eigenvalue weighted by atomic mass is 15.0. The summed E-state index contributed by atoms with van der Waals surface area (Å²) in [5.41, 5.74) is 9.79. The first-order valence-electron chi connectivity index (χ1n) is 7.86. The van der Waals surface area contributed by atoms with Gasteiger partial charge in [0.05, 0.1) is 11.4 Å². The van der Waals surface area contributed by atoms with E-state index in [4.69, 9.17) is 5.73 Å². The van der Waals surface area contributed by atoms with Crippen LogP contribution in [0.5, 0.6) is 0 Å². The molecule has 4 rings (SSSR count). The first kappa shape index (κ1) is 15.0. The molecule has 0 saturated carbocycles.